The van der Waals surface area contributed by atoms with Crippen LogP contribution in [0, 0.1) is 5.92 Å². The van der Waals surface area contributed by atoms with Crippen LogP contribution < -0.4 is 5.32 Å². The van der Waals surface area contributed by atoms with Gasteiger partial charge in [0.1, 0.15) is 0 Å². The number of hydrogen-bond donors (Lipinski definition) is 1. The number of benzene rings is 2. The van der Waals surface area contributed by atoms with Gasteiger partial charge in [0.05, 0.1) is 0 Å². The van der Waals surface area contributed by atoms with Gasteiger partial charge in [-0.1, -0.05) is 44.2 Å². The van der Waals surface area contributed by atoms with E-state index in [1.54, 1.807) is 6.92 Å². The molecule has 4 heteroatoms. The van der Waals surface area contributed by atoms with Gasteiger partial charge in [-0.15, -0.1) is 0 Å². The molecule has 144 valence electrons. The van der Waals surface area contributed by atoms with E-state index in [9.17, 15) is 9.59 Å². The van der Waals surface area contributed by atoms with Crippen LogP contribution >= 0.6 is 0 Å². The molecule has 0 fully saturated rings. The second kappa shape index (κ2) is 9.36. The predicted molar refractivity (Wildman–Crippen MR) is 111 cm³/mol. The normalized spacial score (nSPS) is 10.9. The van der Waals surface area contributed by atoms with E-state index in [0.717, 1.165) is 28.8 Å². The molecule has 0 spiro atoms. The van der Waals surface area contributed by atoms with Crippen molar-refractivity contribution in [2.75, 3.05) is 5.32 Å². The van der Waals surface area contributed by atoms with E-state index >= 15 is 0 Å². The molecule has 1 N–H and O–H groups in total. The van der Waals surface area contributed by atoms with Crippen LogP contribution in [-0.4, -0.2) is 22.8 Å². The lowest BCUT2D eigenvalue weighted by atomic mass is 9.97. The van der Waals surface area contributed by atoms with E-state index < -0.39 is 0 Å². The number of carbonyl (C=O) groups is 2. The molecular formula is C23H30N2O2. The van der Waals surface area contributed by atoms with Crippen molar-refractivity contribution >= 4 is 17.5 Å². The minimum absolute atomic E-state index is 0.0594. The fraction of sp³-hybridized carbons (Fsp3) is 0.391. The Bertz CT molecular complexity index is 779. The van der Waals surface area contributed by atoms with E-state index in [-0.39, 0.29) is 17.9 Å². The number of anilines is 1. The second-order valence-corrected chi connectivity index (χ2v) is 7.65. The van der Waals surface area contributed by atoms with Crippen molar-refractivity contribution < 1.29 is 9.59 Å². The van der Waals surface area contributed by atoms with E-state index in [4.69, 9.17) is 0 Å². The Morgan fingerprint density at radius 2 is 1.59 bits per heavy atom. The van der Waals surface area contributed by atoms with E-state index in [1.807, 2.05) is 67.3 Å². The molecule has 2 rings (SSSR count). The average molecular weight is 367 g/mol. The Hall–Kier alpha value is -2.62. The number of nitrogens with zero attached hydrogens (tertiary/aromatic N) is 1. The molecule has 0 aliphatic heterocycles. The molecule has 0 radical (unpaired) electrons. The highest BCUT2D eigenvalue weighted by molar-refractivity contribution is 6.05. The van der Waals surface area contributed by atoms with Gasteiger partial charge in [-0.25, -0.2) is 0 Å². The first-order valence-electron chi connectivity index (χ1n) is 9.53. The maximum absolute atomic E-state index is 12.7. The van der Waals surface area contributed by atoms with Crippen molar-refractivity contribution in [2.45, 2.75) is 53.6 Å². The van der Waals surface area contributed by atoms with Crippen LogP contribution in [0.3, 0.4) is 0 Å². The molecule has 0 saturated heterocycles. The molecule has 0 aliphatic carbocycles. The third kappa shape index (κ3) is 5.95. The van der Waals surface area contributed by atoms with E-state index in [0.29, 0.717) is 12.5 Å². The molecule has 0 saturated carbocycles. The van der Waals surface area contributed by atoms with Crippen LogP contribution in [0.4, 0.5) is 5.69 Å². The summed E-state index contributed by atoms with van der Waals surface area (Å²) in [6.07, 6.45) is 0.874. The summed E-state index contributed by atoms with van der Waals surface area (Å²) in [6, 6.07) is 15.6. The minimum atomic E-state index is -0.0912. The Labute approximate surface area is 162 Å². The highest BCUT2D eigenvalue weighted by Gasteiger charge is 2.14. The van der Waals surface area contributed by atoms with E-state index in [1.165, 1.54) is 0 Å². The van der Waals surface area contributed by atoms with Crippen LogP contribution in [0.25, 0.3) is 0 Å². The minimum Gasteiger partial charge on any atom is -0.336 e. The van der Waals surface area contributed by atoms with Crippen molar-refractivity contribution in [3.8, 4) is 0 Å². The zero-order valence-corrected chi connectivity index (χ0v) is 17.0. The van der Waals surface area contributed by atoms with Gasteiger partial charge in [0.15, 0.2) is 0 Å². The van der Waals surface area contributed by atoms with Crippen LogP contribution in [0.2, 0.25) is 0 Å². The summed E-state index contributed by atoms with van der Waals surface area (Å²) in [5, 5.41) is 2.98. The van der Waals surface area contributed by atoms with Gasteiger partial charge in [0.25, 0.3) is 5.91 Å². The summed E-state index contributed by atoms with van der Waals surface area (Å²) in [4.78, 5) is 26.2. The highest BCUT2D eigenvalue weighted by atomic mass is 16.2. The van der Waals surface area contributed by atoms with Gasteiger partial charge in [-0.3, -0.25) is 9.59 Å². The quantitative estimate of drug-likeness (QED) is 0.758. The molecular weight excluding hydrogens is 336 g/mol. The number of carbonyl (C=O) groups excluding carboxylic acids is 2. The molecule has 27 heavy (non-hydrogen) atoms. The van der Waals surface area contributed by atoms with Crippen molar-refractivity contribution in [1.82, 2.24) is 4.90 Å². The maximum Gasteiger partial charge on any atom is 0.255 e. The largest absolute Gasteiger partial charge is 0.336 e. The fourth-order valence-corrected chi connectivity index (χ4v) is 3.11. The molecule has 0 unspecified atom stereocenters. The van der Waals surface area contributed by atoms with Gasteiger partial charge in [-0.05, 0) is 55.5 Å². The summed E-state index contributed by atoms with van der Waals surface area (Å²) in [5.74, 6) is 0.457. The fourth-order valence-electron chi connectivity index (χ4n) is 3.11. The van der Waals surface area contributed by atoms with Crippen molar-refractivity contribution in [2.24, 2.45) is 5.92 Å². The smallest absolute Gasteiger partial charge is 0.255 e. The Balaban J connectivity index is 2.08. The summed E-state index contributed by atoms with van der Waals surface area (Å²) in [7, 11) is 0. The first-order chi connectivity index (χ1) is 12.8. The molecule has 2 aromatic rings. The number of hydrogen-bond acceptors (Lipinski definition) is 2. The highest BCUT2D eigenvalue weighted by Crippen LogP contribution is 2.18. The Morgan fingerprint density at radius 3 is 2.15 bits per heavy atom. The lowest BCUT2D eigenvalue weighted by Gasteiger charge is -2.25. The molecule has 2 amide bonds. The van der Waals surface area contributed by atoms with E-state index in [2.05, 4.69) is 19.2 Å². The Morgan fingerprint density at radius 1 is 0.963 bits per heavy atom. The predicted octanol–water partition coefficient (Wildman–Crippen LogP) is 4.89. The number of rotatable bonds is 7. The van der Waals surface area contributed by atoms with Crippen LogP contribution in [0.5, 0.6) is 0 Å². The van der Waals surface area contributed by atoms with Gasteiger partial charge in [0.2, 0.25) is 5.91 Å². The third-order valence-electron chi connectivity index (χ3n) is 4.48. The first-order valence-corrected chi connectivity index (χ1v) is 9.53. The van der Waals surface area contributed by atoms with Crippen LogP contribution in [-0.2, 0) is 17.8 Å². The SMILES string of the molecule is CC(=O)N(Cc1ccc(NC(=O)c2ccccc2CC(C)C)cc1)C(C)C. The molecule has 2 aromatic carbocycles. The third-order valence-corrected chi connectivity index (χ3v) is 4.48. The lowest BCUT2D eigenvalue weighted by molar-refractivity contribution is -0.131. The van der Waals surface area contributed by atoms with Crippen molar-refractivity contribution in [3.05, 3.63) is 65.2 Å². The average Bonchev–Trinajstić information content (AvgIpc) is 2.60. The molecule has 4 nitrogen and oxygen atoms in total. The maximum atomic E-state index is 12.7. The van der Waals surface area contributed by atoms with Crippen molar-refractivity contribution in [1.29, 1.82) is 0 Å². The lowest BCUT2D eigenvalue weighted by Crippen LogP contribution is -2.34. The topological polar surface area (TPSA) is 49.4 Å². The second-order valence-electron chi connectivity index (χ2n) is 7.65. The number of nitrogens with one attached hydrogen (secondary N) is 1. The van der Waals surface area contributed by atoms with Gasteiger partial charge in [0, 0.05) is 30.8 Å². The number of amides is 2. The molecule has 0 atom stereocenters. The van der Waals surface area contributed by atoms with Gasteiger partial charge < -0.3 is 10.2 Å². The monoisotopic (exact) mass is 366 g/mol. The van der Waals surface area contributed by atoms with Gasteiger partial charge >= 0.3 is 0 Å². The van der Waals surface area contributed by atoms with Crippen LogP contribution in [0.1, 0.15) is 56.1 Å². The zero-order chi connectivity index (χ0) is 20.0. The van der Waals surface area contributed by atoms with Gasteiger partial charge in [-0.2, -0.15) is 0 Å². The Kier molecular flexibility index (Phi) is 7.17. The summed E-state index contributed by atoms with van der Waals surface area (Å²) in [5.41, 5.74) is 3.58. The molecule has 0 heterocycles. The molecule has 0 bridgehead atoms. The molecule has 0 aromatic heterocycles. The van der Waals surface area contributed by atoms with Crippen LogP contribution in [0.15, 0.2) is 48.5 Å². The summed E-state index contributed by atoms with van der Waals surface area (Å²) < 4.78 is 0. The zero-order valence-electron chi connectivity index (χ0n) is 17.0. The summed E-state index contributed by atoms with van der Waals surface area (Å²) in [6.45, 7) is 10.5. The summed E-state index contributed by atoms with van der Waals surface area (Å²) >= 11 is 0. The standard InChI is InChI=1S/C23H30N2O2/c1-16(2)14-20-8-6-7-9-22(20)23(27)24-21-12-10-19(11-13-21)15-25(17(3)4)18(5)26/h6-13,16-17H,14-15H2,1-5H3,(H,24,27). The van der Waals surface area contributed by atoms with Crippen molar-refractivity contribution in [3.63, 3.8) is 0 Å². The first kappa shape index (κ1) is 20.7. The molecule has 0 aliphatic rings.